The van der Waals surface area contributed by atoms with Gasteiger partial charge in [0.1, 0.15) is 11.6 Å². The van der Waals surface area contributed by atoms with Crippen molar-refractivity contribution in [1.82, 2.24) is 10.3 Å². The molecule has 128 valence electrons. The van der Waals surface area contributed by atoms with E-state index >= 15 is 0 Å². The fourth-order valence-electron chi connectivity index (χ4n) is 3.09. The second-order valence-electron chi connectivity index (χ2n) is 6.46. The van der Waals surface area contributed by atoms with Gasteiger partial charge in [0.05, 0.1) is 12.2 Å². The van der Waals surface area contributed by atoms with Crippen molar-refractivity contribution in [2.45, 2.75) is 39.1 Å². The van der Waals surface area contributed by atoms with E-state index in [1.54, 1.807) is 12.1 Å². The highest BCUT2D eigenvalue weighted by atomic mass is 16.5. The van der Waals surface area contributed by atoms with E-state index in [1.807, 2.05) is 18.3 Å². The molecule has 1 saturated heterocycles. The molecule has 5 heteroatoms. The van der Waals surface area contributed by atoms with E-state index in [4.69, 9.17) is 4.74 Å². The molecule has 0 spiro atoms. The summed E-state index contributed by atoms with van der Waals surface area (Å²) in [6.07, 6.45) is 2.40. The molecule has 2 aromatic rings. The first-order chi connectivity index (χ1) is 11.6. The maximum Gasteiger partial charge on any atom is 0.128 e. The smallest absolute Gasteiger partial charge is 0.128 e. The van der Waals surface area contributed by atoms with Crippen molar-refractivity contribution in [2.24, 2.45) is 0 Å². The number of ether oxygens (including phenoxy) is 1. The predicted octanol–water partition coefficient (Wildman–Crippen LogP) is 2.69. The van der Waals surface area contributed by atoms with E-state index in [-0.39, 0.29) is 12.2 Å². The molecule has 0 saturated carbocycles. The maximum atomic E-state index is 9.47. The number of nitrogens with one attached hydrogen (secondary N) is 1. The van der Waals surface area contributed by atoms with Crippen LogP contribution in [-0.2, 0) is 17.8 Å². The van der Waals surface area contributed by atoms with Crippen molar-refractivity contribution < 1.29 is 9.84 Å². The van der Waals surface area contributed by atoms with Crippen molar-refractivity contribution >= 4 is 5.82 Å². The van der Waals surface area contributed by atoms with Gasteiger partial charge in [0.15, 0.2) is 0 Å². The van der Waals surface area contributed by atoms with E-state index in [9.17, 15) is 5.11 Å². The fourth-order valence-corrected chi connectivity index (χ4v) is 3.09. The summed E-state index contributed by atoms with van der Waals surface area (Å²) in [7, 11) is 0. The summed E-state index contributed by atoms with van der Waals surface area (Å²) in [4.78, 5) is 6.88. The number of morpholine rings is 1. The Balaban J connectivity index is 1.53. The Morgan fingerprint density at radius 1 is 1.12 bits per heavy atom. The van der Waals surface area contributed by atoms with Crippen LogP contribution in [0.2, 0.25) is 0 Å². The lowest BCUT2D eigenvalue weighted by molar-refractivity contribution is -0.00545. The number of rotatable bonds is 5. The number of hydrogen-bond acceptors (Lipinski definition) is 5. The molecule has 2 atom stereocenters. The first-order valence-electron chi connectivity index (χ1n) is 8.44. The van der Waals surface area contributed by atoms with Gasteiger partial charge in [-0.15, -0.1) is 0 Å². The maximum absolute atomic E-state index is 9.47. The minimum Gasteiger partial charge on any atom is -0.508 e. The zero-order chi connectivity index (χ0) is 16.9. The number of aromatic nitrogens is 1. The highest BCUT2D eigenvalue weighted by molar-refractivity contribution is 5.40. The van der Waals surface area contributed by atoms with Crippen LogP contribution >= 0.6 is 0 Å². The zero-order valence-electron chi connectivity index (χ0n) is 14.3. The number of nitrogens with zero attached hydrogens (tertiary/aromatic N) is 2. The van der Waals surface area contributed by atoms with Crippen molar-refractivity contribution in [3.63, 3.8) is 0 Å². The first kappa shape index (κ1) is 16.7. The zero-order valence-corrected chi connectivity index (χ0v) is 14.3. The minimum absolute atomic E-state index is 0.235. The largest absolute Gasteiger partial charge is 0.508 e. The van der Waals surface area contributed by atoms with Gasteiger partial charge in [0.2, 0.25) is 0 Å². The quantitative estimate of drug-likeness (QED) is 0.884. The van der Waals surface area contributed by atoms with Crippen LogP contribution < -0.4 is 10.2 Å². The van der Waals surface area contributed by atoms with Crippen molar-refractivity contribution in [2.75, 3.05) is 18.0 Å². The van der Waals surface area contributed by atoms with Gasteiger partial charge in [-0.05, 0) is 43.2 Å². The molecular formula is C19H25N3O2. The monoisotopic (exact) mass is 327 g/mol. The summed E-state index contributed by atoms with van der Waals surface area (Å²) in [6.45, 7) is 7.43. The molecule has 2 N–H and O–H groups in total. The number of hydrogen-bond donors (Lipinski definition) is 2. The lowest BCUT2D eigenvalue weighted by Crippen LogP contribution is -2.45. The second-order valence-corrected chi connectivity index (χ2v) is 6.46. The number of phenolic OH excluding ortho intramolecular Hbond substituents is 1. The van der Waals surface area contributed by atoms with Gasteiger partial charge >= 0.3 is 0 Å². The molecule has 3 rings (SSSR count). The van der Waals surface area contributed by atoms with E-state index in [2.05, 4.69) is 41.2 Å². The average molecular weight is 327 g/mol. The Bertz CT molecular complexity index is 650. The van der Waals surface area contributed by atoms with Crippen molar-refractivity contribution in [1.29, 1.82) is 0 Å². The van der Waals surface area contributed by atoms with Gasteiger partial charge < -0.3 is 20.1 Å². The van der Waals surface area contributed by atoms with Gasteiger partial charge in [-0.3, -0.25) is 0 Å². The van der Waals surface area contributed by atoms with E-state index < -0.39 is 0 Å². The van der Waals surface area contributed by atoms with Crippen LogP contribution in [0.3, 0.4) is 0 Å². The lowest BCUT2D eigenvalue weighted by atomic mass is 10.2. The van der Waals surface area contributed by atoms with E-state index in [0.717, 1.165) is 36.6 Å². The normalized spacial score (nSPS) is 21.0. The molecule has 1 aromatic carbocycles. The predicted molar refractivity (Wildman–Crippen MR) is 95.1 cm³/mol. The second kappa shape index (κ2) is 7.64. The molecule has 0 unspecified atom stereocenters. The summed E-state index contributed by atoms with van der Waals surface area (Å²) < 4.78 is 5.77. The van der Waals surface area contributed by atoms with Crippen LogP contribution in [0, 0.1) is 0 Å². The summed E-state index contributed by atoms with van der Waals surface area (Å²) >= 11 is 0. The van der Waals surface area contributed by atoms with Crippen LogP contribution in [0.1, 0.15) is 25.0 Å². The van der Waals surface area contributed by atoms with Gasteiger partial charge in [0, 0.05) is 32.4 Å². The fraction of sp³-hybridized carbons (Fsp3) is 0.421. The summed E-state index contributed by atoms with van der Waals surface area (Å²) in [5.74, 6) is 1.31. The molecule has 1 fully saturated rings. The Morgan fingerprint density at radius 3 is 2.54 bits per heavy atom. The molecule has 24 heavy (non-hydrogen) atoms. The van der Waals surface area contributed by atoms with Crippen LogP contribution in [0.5, 0.6) is 5.75 Å². The third-order valence-corrected chi connectivity index (χ3v) is 4.12. The molecule has 0 bridgehead atoms. The Hall–Kier alpha value is -2.11. The minimum atomic E-state index is 0.235. The van der Waals surface area contributed by atoms with Gasteiger partial charge in [0.25, 0.3) is 0 Å². The summed E-state index contributed by atoms with van der Waals surface area (Å²) in [5, 5.41) is 12.8. The van der Waals surface area contributed by atoms with Gasteiger partial charge in [-0.2, -0.15) is 0 Å². The lowest BCUT2D eigenvalue weighted by Gasteiger charge is -2.36. The van der Waals surface area contributed by atoms with Gasteiger partial charge in [-0.1, -0.05) is 18.2 Å². The van der Waals surface area contributed by atoms with Crippen LogP contribution in [0.15, 0.2) is 42.6 Å². The molecule has 2 heterocycles. The molecule has 0 amide bonds. The highest BCUT2D eigenvalue weighted by Crippen LogP contribution is 2.18. The number of pyridine rings is 1. The standard InChI is InChI=1S/C19H25N3O2/c1-14-12-22(13-15(2)24-14)19-7-6-17(11-21-19)10-20-9-16-4-3-5-18(23)8-16/h3-8,11,14-15,20,23H,9-10,12-13H2,1-2H3/t14-,15-/m0/s1. The summed E-state index contributed by atoms with van der Waals surface area (Å²) in [5.41, 5.74) is 2.21. The third kappa shape index (κ3) is 4.46. The molecule has 0 radical (unpaired) electrons. The topological polar surface area (TPSA) is 57.6 Å². The van der Waals surface area contributed by atoms with Crippen molar-refractivity contribution in [3.05, 3.63) is 53.7 Å². The van der Waals surface area contributed by atoms with Crippen LogP contribution in [0.25, 0.3) is 0 Å². The van der Waals surface area contributed by atoms with Crippen LogP contribution in [-0.4, -0.2) is 35.4 Å². The number of aromatic hydroxyl groups is 1. The van der Waals surface area contributed by atoms with Crippen molar-refractivity contribution in [3.8, 4) is 5.75 Å². The third-order valence-electron chi connectivity index (χ3n) is 4.12. The average Bonchev–Trinajstić information content (AvgIpc) is 2.55. The Labute approximate surface area is 143 Å². The molecule has 1 aliphatic heterocycles. The highest BCUT2D eigenvalue weighted by Gasteiger charge is 2.22. The number of phenols is 1. The molecular weight excluding hydrogens is 302 g/mol. The number of anilines is 1. The number of benzene rings is 1. The summed E-state index contributed by atoms with van der Waals surface area (Å²) in [6, 6.07) is 11.5. The molecule has 1 aromatic heterocycles. The Kier molecular flexibility index (Phi) is 5.33. The van der Waals surface area contributed by atoms with Crippen LogP contribution in [0.4, 0.5) is 5.82 Å². The molecule has 1 aliphatic rings. The van der Waals surface area contributed by atoms with E-state index in [0.29, 0.717) is 12.3 Å². The van der Waals surface area contributed by atoms with E-state index in [1.165, 1.54) is 0 Å². The van der Waals surface area contributed by atoms with Gasteiger partial charge in [-0.25, -0.2) is 4.98 Å². The SMILES string of the molecule is C[C@H]1CN(c2ccc(CNCc3cccc(O)c3)cn2)C[C@H](C)O1. The first-order valence-corrected chi connectivity index (χ1v) is 8.44. The molecule has 5 nitrogen and oxygen atoms in total. The molecule has 0 aliphatic carbocycles. The Morgan fingerprint density at radius 2 is 1.88 bits per heavy atom.